The molecule has 4 aliphatic heterocycles. The number of carbonyl (C=O) groups is 6. The number of carbonyl (C=O) groups excluding carboxylic acids is 6. The molecule has 0 radical (unpaired) electrons. The Hall–Kier alpha value is -6.76. The molecular formula is C57H63N3O14. The Morgan fingerprint density at radius 2 is 1.47 bits per heavy atom. The molecule has 5 fully saturated rings. The number of amides is 2. The van der Waals surface area contributed by atoms with Crippen molar-refractivity contribution in [2.24, 2.45) is 10.8 Å². The molecule has 2 N–H and O–H groups in total. The van der Waals surface area contributed by atoms with Crippen LogP contribution in [-0.2, 0) is 80.8 Å². The predicted octanol–water partition coefficient (Wildman–Crippen LogP) is 5.35. The predicted molar refractivity (Wildman–Crippen MR) is 265 cm³/mol. The van der Waals surface area contributed by atoms with Crippen molar-refractivity contribution in [1.29, 1.82) is 0 Å². The molecule has 0 spiro atoms. The molecule has 0 aromatic heterocycles. The number of likely N-dealkylation sites (N-methyl/N-ethyl adjacent to an activating group) is 1. The Morgan fingerprint density at radius 3 is 2.07 bits per heavy atom. The van der Waals surface area contributed by atoms with E-state index in [1.54, 1.807) is 65.0 Å². The van der Waals surface area contributed by atoms with E-state index in [4.69, 9.17) is 33.3 Å². The number of nitrogens with zero attached hydrogens (tertiary/aromatic N) is 2. The van der Waals surface area contributed by atoms with E-state index in [1.165, 1.54) is 23.1 Å². The number of benzene rings is 4. The van der Waals surface area contributed by atoms with E-state index in [1.807, 2.05) is 91.0 Å². The summed E-state index contributed by atoms with van der Waals surface area (Å²) in [6.45, 7) is 8.47. The Morgan fingerprint density at radius 1 is 0.851 bits per heavy atom. The number of aliphatic hydroxyl groups excluding tert-OH is 1. The van der Waals surface area contributed by atoms with Gasteiger partial charge in [-0.3, -0.25) is 24.0 Å². The number of hydrogen-bond acceptors (Lipinski definition) is 15. The van der Waals surface area contributed by atoms with Crippen molar-refractivity contribution in [3.8, 4) is 0 Å². The molecule has 17 nitrogen and oxygen atoms in total. The van der Waals surface area contributed by atoms with E-state index in [-0.39, 0.29) is 38.8 Å². The minimum absolute atomic E-state index is 0.00486. The highest BCUT2D eigenvalue weighted by molar-refractivity contribution is 5.96. The molecule has 74 heavy (non-hydrogen) atoms. The fourth-order valence-corrected chi connectivity index (χ4v) is 10.7. The van der Waals surface area contributed by atoms with Gasteiger partial charge in [0.1, 0.15) is 48.1 Å². The first kappa shape index (κ1) is 52.1. The highest BCUT2D eigenvalue weighted by atomic mass is 16.8. The third kappa shape index (κ3) is 10.4. The second-order valence-electron chi connectivity index (χ2n) is 21.4. The maximum absolute atomic E-state index is 16.1. The van der Waals surface area contributed by atoms with Crippen molar-refractivity contribution in [2.75, 3.05) is 20.3 Å². The van der Waals surface area contributed by atoms with Gasteiger partial charge in [-0.05, 0) is 50.0 Å². The van der Waals surface area contributed by atoms with Crippen molar-refractivity contribution in [3.63, 3.8) is 0 Å². The van der Waals surface area contributed by atoms with Gasteiger partial charge in [0.15, 0.2) is 6.04 Å². The summed E-state index contributed by atoms with van der Waals surface area (Å²) in [6.07, 6.45) is -2.26. The number of hydrogen-bond donors (Lipinski definition) is 2. The molecular weight excluding hydrogens is 951 g/mol. The number of ether oxygens (including phenoxy) is 6. The molecule has 9 rings (SSSR count). The standard InChI is InChI=1S/C57H63N3O14/c1-54(2,3)71-44(63)29-27-40(33-61)58-50(64)41(30-36-16-10-7-11-17-36)59(6)53(67)56-31-42-45-46(73-57(72-45,38-18-12-8-13-19-38)39-20-14-9-15-21-39)48(56)74-60(47(56)51(65)69-42)32-37-24-22-35(23-25-37)26-28-43(62)70-49-52(66)68-34-55(49,4)5/h7-26,28,40-42,45-49,61H,27,29-34H2,1-6H3,(H,58,64)/t40-,41+,42+,45-,46-,47-,48+,49-,56-/m0/s1. The molecule has 4 aromatic carbocycles. The lowest BCUT2D eigenvalue weighted by atomic mass is 9.62. The maximum Gasteiger partial charge on any atom is 0.348 e. The number of esters is 4. The van der Waals surface area contributed by atoms with Gasteiger partial charge in [-0.15, -0.1) is 0 Å². The number of cyclic esters (lactones) is 1. The molecule has 0 unspecified atom stereocenters. The summed E-state index contributed by atoms with van der Waals surface area (Å²) in [7, 11) is 1.52. The van der Waals surface area contributed by atoms with E-state index in [9.17, 15) is 29.1 Å². The molecule has 4 aromatic rings. The van der Waals surface area contributed by atoms with Crippen LogP contribution in [0.1, 0.15) is 81.7 Å². The molecule has 4 saturated heterocycles. The Balaban J connectivity index is 1.05. The summed E-state index contributed by atoms with van der Waals surface area (Å²) in [4.78, 5) is 91.6. The third-order valence-corrected chi connectivity index (χ3v) is 14.4. The van der Waals surface area contributed by atoms with Crippen molar-refractivity contribution >= 4 is 41.8 Å². The normalized spacial score (nSPS) is 26.3. The third-order valence-electron chi connectivity index (χ3n) is 14.4. The Labute approximate surface area is 430 Å². The van der Waals surface area contributed by atoms with Crippen LogP contribution >= 0.6 is 0 Å². The molecule has 5 aliphatic rings. The van der Waals surface area contributed by atoms with Gasteiger partial charge in [-0.1, -0.05) is 129 Å². The molecule has 9 atom stereocenters. The van der Waals surface area contributed by atoms with Crippen LogP contribution in [0.2, 0.25) is 0 Å². The van der Waals surface area contributed by atoms with Crippen LogP contribution in [0.15, 0.2) is 121 Å². The molecule has 1 aliphatic carbocycles. The minimum Gasteiger partial charge on any atom is -0.462 e. The number of nitrogens with one attached hydrogen (secondary N) is 1. The number of aliphatic hydroxyl groups is 1. The summed E-state index contributed by atoms with van der Waals surface area (Å²) < 4.78 is 36.6. The quantitative estimate of drug-likeness (QED) is 0.0778. The summed E-state index contributed by atoms with van der Waals surface area (Å²) in [5, 5.41) is 14.8. The Kier molecular flexibility index (Phi) is 14.7. The zero-order chi connectivity index (χ0) is 52.6. The lowest BCUT2D eigenvalue weighted by Gasteiger charge is -2.50. The highest BCUT2D eigenvalue weighted by Gasteiger charge is 2.77. The van der Waals surface area contributed by atoms with Crippen LogP contribution in [0.25, 0.3) is 6.08 Å². The first-order chi connectivity index (χ1) is 35.3. The van der Waals surface area contributed by atoms with Crippen molar-refractivity contribution < 1.29 is 67.1 Å². The molecule has 4 heterocycles. The van der Waals surface area contributed by atoms with Gasteiger partial charge in [0.25, 0.3) is 0 Å². The monoisotopic (exact) mass is 1010 g/mol. The van der Waals surface area contributed by atoms with Crippen LogP contribution in [-0.4, -0.2) is 125 Å². The lowest BCUT2D eigenvalue weighted by Crippen LogP contribution is -2.70. The summed E-state index contributed by atoms with van der Waals surface area (Å²) in [6, 6.07) is 31.7. The molecule has 2 bridgehead atoms. The fourth-order valence-electron chi connectivity index (χ4n) is 10.7. The number of fused-ring (bicyclic) bond motifs is 4. The summed E-state index contributed by atoms with van der Waals surface area (Å²) >= 11 is 0. The summed E-state index contributed by atoms with van der Waals surface area (Å²) in [5.41, 5.74) is 0.298. The lowest BCUT2D eigenvalue weighted by molar-refractivity contribution is -0.214. The van der Waals surface area contributed by atoms with Crippen LogP contribution in [0, 0.1) is 10.8 Å². The van der Waals surface area contributed by atoms with Gasteiger partial charge in [0, 0.05) is 48.9 Å². The van der Waals surface area contributed by atoms with E-state index in [0.717, 1.165) is 5.56 Å². The SMILES string of the molecule is CN(C(=O)[C@@]12C[C@H]3OC(=O)[C@@H]1N(Cc1ccc(C=CC(=O)O[C@H]4C(=O)OCC4(C)C)cc1)O[C@@H]2[C@H]1OC(c2ccccc2)(c2ccccc2)O[C@H]13)[C@H](Cc1ccccc1)C(=O)N[C@H](CO)CCC(=O)OC(C)(C)C. The van der Waals surface area contributed by atoms with Crippen LogP contribution in [0.5, 0.6) is 0 Å². The van der Waals surface area contributed by atoms with Gasteiger partial charge in [-0.25, -0.2) is 9.59 Å². The first-order valence-electron chi connectivity index (χ1n) is 25.0. The zero-order valence-electron chi connectivity index (χ0n) is 42.3. The van der Waals surface area contributed by atoms with E-state index >= 15 is 4.79 Å². The Bertz CT molecular complexity index is 2710. The average molecular weight is 1010 g/mol. The highest BCUT2D eigenvalue weighted by Crippen LogP contribution is 2.60. The molecule has 2 amide bonds. The molecule has 17 heteroatoms. The van der Waals surface area contributed by atoms with Crippen LogP contribution in [0.3, 0.4) is 0 Å². The van der Waals surface area contributed by atoms with Crippen molar-refractivity contribution in [1.82, 2.24) is 15.3 Å². The second kappa shape index (κ2) is 20.9. The van der Waals surface area contributed by atoms with Gasteiger partial charge >= 0.3 is 23.9 Å². The number of hydroxylamine groups is 2. The largest absolute Gasteiger partial charge is 0.462 e. The minimum atomic E-state index is -1.70. The summed E-state index contributed by atoms with van der Waals surface area (Å²) in [5.74, 6) is -5.17. The average Bonchev–Trinajstić information content (AvgIpc) is 4.09. The van der Waals surface area contributed by atoms with Crippen LogP contribution < -0.4 is 5.32 Å². The topological polar surface area (TPSA) is 206 Å². The smallest absolute Gasteiger partial charge is 0.348 e. The maximum atomic E-state index is 16.1. The zero-order valence-corrected chi connectivity index (χ0v) is 42.3. The molecule has 1 saturated carbocycles. The fraction of sp³-hybridized carbons (Fsp3) is 0.439. The van der Waals surface area contributed by atoms with E-state index in [2.05, 4.69) is 5.32 Å². The number of rotatable bonds is 17. The molecule has 390 valence electrons. The van der Waals surface area contributed by atoms with Gasteiger partial charge in [-0.2, -0.15) is 5.06 Å². The van der Waals surface area contributed by atoms with E-state index in [0.29, 0.717) is 22.3 Å². The van der Waals surface area contributed by atoms with Crippen molar-refractivity contribution in [3.05, 3.63) is 149 Å². The van der Waals surface area contributed by atoms with Crippen LogP contribution in [0.4, 0.5) is 0 Å². The second-order valence-corrected chi connectivity index (χ2v) is 21.4. The van der Waals surface area contributed by atoms with Gasteiger partial charge in [0.2, 0.25) is 23.7 Å². The first-order valence-corrected chi connectivity index (χ1v) is 25.0. The van der Waals surface area contributed by atoms with Crippen molar-refractivity contribution in [2.45, 2.75) is 127 Å². The van der Waals surface area contributed by atoms with Gasteiger partial charge < -0.3 is 43.7 Å². The van der Waals surface area contributed by atoms with E-state index < -0.39 is 113 Å². The van der Waals surface area contributed by atoms with Gasteiger partial charge in [0.05, 0.1) is 19.2 Å².